The molecule has 0 spiro atoms. The summed E-state index contributed by atoms with van der Waals surface area (Å²) in [5, 5.41) is 18.5. The molecule has 2 rings (SSSR count). The second-order valence-corrected chi connectivity index (χ2v) is 7.06. The topological polar surface area (TPSA) is 99.9 Å². The van der Waals surface area contributed by atoms with Gasteiger partial charge in [0, 0.05) is 0 Å². The zero-order valence-corrected chi connectivity index (χ0v) is 13.2. The standard InChI is InChI=1S/C15H22N2O5/c1-14(2,3)22-13(20)17-10-6-15(4-5-16,12(18)19)7-11(17)9-21-8-10/h10-11H,4,6-9H2,1-3H3,(H,18,19). The largest absolute Gasteiger partial charge is 0.481 e. The maximum Gasteiger partial charge on any atom is 0.410 e. The fraction of sp³-hybridized carbons (Fsp3) is 0.800. The molecule has 0 aromatic carbocycles. The molecule has 7 heteroatoms. The van der Waals surface area contributed by atoms with Crippen LogP contribution in [0.25, 0.3) is 0 Å². The minimum absolute atomic E-state index is 0.0580. The Bertz CT molecular complexity index is 491. The summed E-state index contributed by atoms with van der Waals surface area (Å²) in [6.45, 7) is 5.92. The molecule has 2 aliphatic rings. The lowest BCUT2D eigenvalue weighted by molar-refractivity contribution is -0.163. The molecule has 122 valence electrons. The Labute approximate surface area is 129 Å². The van der Waals surface area contributed by atoms with Gasteiger partial charge < -0.3 is 14.6 Å². The predicted molar refractivity (Wildman–Crippen MR) is 76.0 cm³/mol. The number of nitrogens with zero attached hydrogens (tertiary/aromatic N) is 2. The highest BCUT2D eigenvalue weighted by Gasteiger charge is 2.53. The first-order valence-corrected chi connectivity index (χ1v) is 7.38. The van der Waals surface area contributed by atoms with Crippen molar-refractivity contribution < 1.29 is 24.2 Å². The maximum absolute atomic E-state index is 12.4. The number of fused-ring (bicyclic) bond motifs is 2. The summed E-state index contributed by atoms with van der Waals surface area (Å²) in [7, 11) is 0. The van der Waals surface area contributed by atoms with Crippen molar-refractivity contribution in [2.75, 3.05) is 13.2 Å². The number of morpholine rings is 1. The van der Waals surface area contributed by atoms with Gasteiger partial charge in [-0.3, -0.25) is 9.69 Å². The number of carboxylic acids is 1. The Morgan fingerprint density at radius 2 is 1.91 bits per heavy atom. The number of carbonyl (C=O) groups is 2. The average Bonchev–Trinajstić information content (AvgIpc) is 2.35. The molecule has 0 aromatic rings. The third-order valence-corrected chi connectivity index (χ3v) is 4.14. The highest BCUT2D eigenvalue weighted by Crippen LogP contribution is 2.43. The molecule has 2 saturated heterocycles. The van der Waals surface area contributed by atoms with Gasteiger partial charge in [-0.2, -0.15) is 5.26 Å². The molecular formula is C15H22N2O5. The monoisotopic (exact) mass is 310 g/mol. The molecule has 0 aliphatic carbocycles. The first-order valence-electron chi connectivity index (χ1n) is 7.38. The van der Waals surface area contributed by atoms with Gasteiger partial charge in [-0.05, 0) is 33.6 Å². The number of hydrogen-bond acceptors (Lipinski definition) is 5. The van der Waals surface area contributed by atoms with Crippen LogP contribution in [0.1, 0.15) is 40.0 Å². The van der Waals surface area contributed by atoms with Crippen LogP contribution in [0.15, 0.2) is 0 Å². The zero-order valence-electron chi connectivity index (χ0n) is 13.2. The number of amides is 1. The first kappa shape index (κ1) is 16.6. The summed E-state index contributed by atoms with van der Waals surface area (Å²) in [6.07, 6.45) is -0.0730. The van der Waals surface area contributed by atoms with E-state index in [9.17, 15) is 14.7 Å². The maximum atomic E-state index is 12.4. The average molecular weight is 310 g/mol. The molecule has 22 heavy (non-hydrogen) atoms. The molecule has 0 saturated carbocycles. The Morgan fingerprint density at radius 1 is 1.36 bits per heavy atom. The van der Waals surface area contributed by atoms with E-state index in [-0.39, 0.29) is 44.6 Å². The Hall–Kier alpha value is -1.81. The molecule has 0 radical (unpaired) electrons. The molecule has 2 unspecified atom stereocenters. The highest BCUT2D eigenvalue weighted by atomic mass is 16.6. The lowest BCUT2D eigenvalue weighted by Gasteiger charge is -2.51. The van der Waals surface area contributed by atoms with Crippen LogP contribution in [-0.4, -0.2) is 53.0 Å². The number of carboxylic acid groups (broad SMARTS) is 1. The summed E-state index contributed by atoms with van der Waals surface area (Å²) in [5.41, 5.74) is -1.72. The van der Waals surface area contributed by atoms with Crippen molar-refractivity contribution >= 4 is 12.1 Å². The van der Waals surface area contributed by atoms with Gasteiger partial charge in [0.15, 0.2) is 0 Å². The lowest BCUT2D eigenvalue weighted by Crippen LogP contribution is -2.63. The van der Waals surface area contributed by atoms with E-state index in [0.29, 0.717) is 0 Å². The van der Waals surface area contributed by atoms with Gasteiger partial charge >= 0.3 is 12.1 Å². The van der Waals surface area contributed by atoms with Crippen LogP contribution >= 0.6 is 0 Å². The summed E-state index contributed by atoms with van der Waals surface area (Å²) in [5.74, 6) is -0.977. The molecule has 1 N–H and O–H groups in total. The van der Waals surface area contributed by atoms with Crippen LogP contribution in [-0.2, 0) is 14.3 Å². The normalized spacial score (nSPS) is 31.3. The Morgan fingerprint density at radius 3 is 2.32 bits per heavy atom. The van der Waals surface area contributed by atoms with E-state index in [1.807, 2.05) is 6.07 Å². The third kappa shape index (κ3) is 3.17. The number of rotatable bonds is 2. The fourth-order valence-electron chi connectivity index (χ4n) is 3.26. The lowest BCUT2D eigenvalue weighted by atomic mass is 9.70. The van der Waals surface area contributed by atoms with E-state index < -0.39 is 23.1 Å². The van der Waals surface area contributed by atoms with E-state index in [1.165, 1.54) is 0 Å². The van der Waals surface area contributed by atoms with Gasteiger partial charge in [0.05, 0.1) is 43.2 Å². The van der Waals surface area contributed by atoms with Crippen LogP contribution in [0.4, 0.5) is 4.79 Å². The molecule has 7 nitrogen and oxygen atoms in total. The number of nitriles is 1. The summed E-state index contributed by atoms with van der Waals surface area (Å²) < 4.78 is 10.9. The second kappa shape index (κ2) is 5.76. The van der Waals surface area contributed by atoms with Crippen molar-refractivity contribution in [1.82, 2.24) is 4.90 Å². The number of piperidine rings is 1. The third-order valence-electron chi connectivity index (χ3n) is 4.14. The Balaban J connectivity index is 2.23. The number of ether oxygens (including phenoxy) is 2. The van der Waals surface area contributed by atoms with Crippen molar-refractivity contribution in [3.8, 4) is 6.07 Å². The van der Waals surface area contributed by atoms with Crippen LogP contribution in [0, 0.1) is 16.7 Å². The van der Waals surface area contributed by atoms with Gasteiger partial charge in [0.1, 0.15) is 5.60 Å². The minimum atomic E-state index is -1.10. The number of carbonyl (C=O) groups excluding carboxylic acids is 1. The molecule has 2 bridgehead atoms. The van der Waals surface area contributed by atoms with Crippen LogP contribution < -0.4 is 0 Å². The van der Waals surface area contributed by atoms with Crippen molar-refractivity contribution in [2.24, 2.45) is 5.41 Å². The van der Waals surface area contributed by atoms with E-state index in [1.54, 1.807) is 25.7 Å². The number of hydrogen-bond donors (Lipinski definition) is 1. The van der Waals surface area contributed by atoms with Gasteiger partial charge in [-0.1, -0.05) is 0 Å². The van der Waals surface area contributed by atoms with E-state index in [2.05, 4.69) is 0 Å². The van der Waals surface area contributed by atoms with Gasteiger partial charge in [0.2, 0.25) is 0 Å². The molecule has 2 fully saturated rings. The smallest absolute Gasteiger partial charge is 0.410 e. The molecule has 2 atom stereocenters. The van der Waals surface area contributed by atoms with E-state index in [4.69, 9.17) is 14.7 Å². The van der Waals surface area contributed by atoms with E-state index >= 15 is 0 Å². The summed E-state index contributed by atoms with van der Waals surface area (Å²) >= 11 is 0. The first-order chi connectivity index (χ1) is 10.2. The SMILES string of the molecule is CC(C)(C)OC(=O)N1C2COCC1CC(CC#N)(C(=O)O)C2. The van der Waals surface area contributed by atoms with Crippen molar-refractivity contribution in [3.05, 3.63) is 0 Å². The second-order valence-electron chi connectivity index (χ2n) is 7.06. The summed E-state index contributed by atoms with van der Waals surface area (Å²) in [4.78, 5) is 25.7. The molecule has 2 aliphatic heterocycles. The van der Waals surface area contributed by atoms with Gasteiger partial charge in [0.25, 0.3) is 0 Å². The molecule has 2 heterocycles. The highest BCUT2D eigenvalue weighted by molar-refractivity contribution is 5.77. The minimum Gasteiger partial charge on any atom is -0.481 e. The molecule has 0 aromatic heterocycles. The van der Waals surface area contributed by atoms with Gasteiger partial charge in [-0.25, -0.2) is 4.79 Å². The quantitative estimate of drug-likeness (QED) is 0.834. The summed E-state index contributed by atoms with van der Waals surface area (Å²) in [6, 6.07) is 1.24. The van der Waals surface area contributed by atoms with Crippen LogP contribution in [0.3, 0.4) is 0 Å². The molecule has 1 amide bonds. The molecular weight excluding hydrogens is 288 g/mol. The number of aliphatic carboxylic acids is 1. The van der Waals surface area contributed by atoms with Crippen molar-refractivity contribution in [2.45, 2.75) is 57.7 Å². The Kier molecular flexibility index (Phi) is 4.34. The van der Waals surface area contributed by atoms with Gasteiger partial charge in [-0.15, -0.1) is 0 Å². The fourth-order valence-corrected chi connectivity index (χ4v) is 3.26. The predicted octanol–water partition coefficient (Wildman–Crippen LogP) is 1.77. The van der Waals surface area contributed by atoms with Crippen molar-refractivity contribution in [1.29, 1.82) is 5.26 Å². The van der Waals surface area contributed by atoms with Crippen LogP contribution in [0.5, 0.6) is 0 Å². The van der Waals surface area contributed by atoms with Crippen molar-refractivity contribution in [3.63, 3.8) is 0 Å². The van der Waals surface area contributed by atoms with Crippen LogP contribution in [0.2, 0.25) is 0 Å². The van der Waals surface area contributed by atoms with E-state index in [0.717, 1.165) is 0 Å². The zero-order chi connectivity index (χ0) is 16.5.